The fourth-order valence-electron chi connectivity index (χ4n) is 2.73. The molecule has 0 fully saturated rings. The second-order valence-corrected chi connectivity index (χ2v) is 10.5. The van der Waals surface area contributed by atoms with E-state index < -0.39 is 10.0 Å². The van der Waals surface area contributed by atoms with E-state index in [4.69, 9.17) is 0 Å². The molecule has 1 aromatic heterocycles. The minimum absolute atomic E-state index is 0.173. The zero-order chi connectivity index (χ0) is 22.4. The van der Waals surface area contributed by atoms with E-state index in [9.17, 15) is 18.0 Å². The number of hydrogen-bond donors (Lipinski definition) is 2. The number of thiophene rings is 1. The number of benzene rings is 2. The van der Waals surface area contributed by atoms with Gasteiger partial charge in [-0.2, -0.15) is 0 Å². The lowest BCUT2D eigenvalue weighted by molar-refractivity contribution is -0.120. The lowest BCUT2D eigenvalue weighted by Gasteiger charge is -2.08. The fraction of sp³-hybridized carbons (Fsp3) is 0.182. The van der Waals surface area contributed by atoms with Gasteiger partial charge in [-0.1, -0.05) is 42.5 Å². The third kappa shape index (κ3) is 5.78. The predicted molar refractivity (Wildman–Crippen MR) is 121 cm³/mol. The van der Waals surface area contributed by atoms with E-state index >= 15 is 0 Å². The van der Waals surface area contributed by atoms with E-state index in [0.29, 0.717) is 10.4 Å². The number of hydrogen-bond acceptors (Lipinski definition) is 5. The van der Waals surface area contributed by atoms with Gasteiger partial charge < -0.3 is 10.6 Å². The van der Waals surface area contributed by atoms with Gasteiger partial charge in [-0.05, 0) is 35.4 Å². The van der Waals surface area contributed by atoms with Crippen LogP contribution in [0.2, 0.25) is 0 Å². The zero-order valence-corrected chi connectivity index (χ0v) is 18.8. The van der Waals surface area contributed by atoms with Gasteiger partial charge in [0.15, 0.2) is 0 Å². The van der Waals surface area contributed by atoms with E-state index in [1.807, 2.05) is 42.5 Å². The van der Waals surface area contributed by atoms with Gasteiger partial charge in [0.05, 0.1) is 13.1 Å². The van der Waals surface area contributed by atoms with Crippen molar-refractivity contribution in [2.75, 3.05) is 20.6 Å². The molecule has 2 aromatic carbocycles. The molecule has 0 bridgehead atoms. The summed E-state index contributed by atoms with van der Waals surface area (Å²) < 4.78 is 25.6. The number of carbonyl (C=O) groups excluding carboxylic acids is 2. The van der Waals surface area contributed by atoms with Crippen molar-refractivity contribution in [1.29, 1.82) is 0 Å². The summed E-state index contributed by atoms with van der Waals surface area (Å²) in [5, 5.41) is 5.27. The Kier molecular flexibility index (Phi) is 7.21. The van der Waals surface area contributed by atoms with E-state index in [1.165, 1.54) is 20.2 Å². The van der Waals surface area contributed by atoms with Crippen LogP contribution in [0.3, 0.4) is 0 Å². The first kappa shape index (κ1) is 22.7. The molecule has 0 atom stereocenters. The molecule has 1 heterocycles. The standard InChI is InChI=1S/C22H23N3O4S2/c1-25(2)31(28,29)21-13-12-19(30-21)14-23-20(26)15-24-22(27)18-10-8-17(9-11-18)16-6-4-3-5-7-16/h3-13H,14-15H2,1-2H3,(H,23,26)(H,24,27). The lowest BCUT2D eigenvalue weighted by atomic mass is 10.0. The Labute approximate surface area is 185 Å². The molecule has 0 saturated carbocycles. The lowest BCUT2D eigenvalue weighted by Crippen LogP contribution is -2.36. The number of carbonyl (C=O) groups is 2. The summed E-state index contributed by atoms with van der Waals surface area (Å²) >= 11 is 1.10. The highest BCUT2D eigenvalue weighted by atomic mass is 32.2. The maximum Gasteiger partial charge on any atom is 0.252 e. The Morgan fingerprint density at radius 2 is 1.52 bits per heavy atom. The van der Waals surface area contributed by atoms with Crippen LogP contribution in [0.25, 0.3) is 11.1 Å². The Hall–Kier alpha value is -3.01. The molecular formula is C22H23N3O4S2. The van der Waals surface area contributed by atoms with Crippen LogP contribution >= 0.6 is 11.3 Å². The van der Waals surface area contributed by atoms with Gasteiger partial charge in [0.25, 0.3) is 15.9 Å². The molecule has 3 rings (SSSR count). The monoisotopic (exact) mass is 457 g/mol. The number of nitrogens with one attached hydrogen (secondary N) is 2. The molecule has 3 aromatic rings. The number of rotatable bonds is 8. The summed E-state index contributed by atoms with van der Waals surface area (Å²) in [6.07, 6.45) is 0. The largest absolute Gasteiger partial charge is 0.350 e. The van der Waals surface area contributed by atoms with Gasteiger partial charge in [0.2, 0.25) is 5.91 Å². The molecular weight excluding hydrogens is 434 g/mol. The predicted octanol–water partition coefficient (Wildman–Crippen LogP) is 2.71. The molecule has 0 aliphatic heterocycles. The first-order valence-electron chi connectivity index (χ1n) is 9.49. The van der Waals surface area contributed by atoms with Crippen molar-refractivity contribution in [3.8, 4) is 11.1 Å². The van der Waals surface area contributed by atoms with Crippen molar-refractivity contribution in [1.82, 2.24) is 14.9 Å². The Bertz CT molecular complexity index is 1150. The third-order valence-electron chi connectivity index (χ3n) is 4.50. The van der Waals surface area contributed by atoms with Gasteiger partial charge in [0.1, 0.15) is 4.21 Å². The minimum atomic E-state index is -3.49. The third-order valence-corrected chi connectivity index (χ3v) is 7.86. The van der Waals surface area contributed by atoms with Crippen LogP contribution in [0.5, 0.6) is 0 Å². The smallest absolute Gasteiger partial charge is 0.252 e. The van der Waals surface area contributed by atoms with Crippen LogP contribution in [0.15, 0.2) is 70.9 Å². The number of nitrogens with zero attached hydrogens (tertiary/aromatic N) is 1. The molecule has 2 N–H and O–H groups in total. The average molecular weight is 458 g/mol. The summed E-state index contributed by atoms with van der Waals surface area (Å²) in [5.41, 5.74) is 2.52. The van der Waals surface area contributed by atoms with Gasteiger partial charge >= 0.3 is 0 Å². The van der Waals surface area contributed by atoms with Gasteiger partial charge in [0, 0.05) is 24.5 Å². The maximum absolute atomic E-state index is 12.3. The Balaban J connectivity index is 1.49. The molecule has 0 unspecified atom stereocenters. The summed E-state index contributed by atoms with van der Waals surface area (Å²) in [6.45, 7) is 0.0155. The second-order valence-electron chi connectivity index (χ2n) is 6.91. The highest BCUT2D eigenvalue weighted by molar-refractivity contribution is 7.91. The highest BCUT2D eigenvalue weighted by Crippen LogP contribution is 2.23. The topological polar surface area (TPSA) is 95.6 Å². The highest BCUT2D eigenvalue weighted by Gasteiger charge is 2.19. The van der Waals surface area contributed by atoms with Crippen LogP contribution in [-0.4, -0.2) is 45.2 Å². The molecule has 162 valence electrons. The SMILES string of the molecule is CN(C)S(=O)(=O)c1ccc(CNC(=O)CNC(=O)c2ccc(-c3ccccc3)cc2)s1. The van der Waals surface area contributed by atoms with Crippen LogP contribution in [-0.2, 0) is 21.4 Å². The first-order chi connectivity index (χ1) is 14.8. The maximum atomic E-state index is 12.3. The van der Waals surface area contributed by atoms with Gasteiger partial charge in [-0.25, -0.2) is 12.7 Å². The molecule has 0 saturated heterocycles. The van der Waals surface area contributed by atoms with Crippen molar-refractivity contribution >= 4 is 33.2 Å². The van der Waals surface area contributed by atoms with Crippen molar-refractivity contribution < 1.29 is 18.0 Å². The molecule has 0 spiro atoms. The van der Waals surface area contributed by atoms with Crippen LogP contribution < -0.4 is 10.6 Å². The Morgan fingerprint density at radius 3 is 2.16 bits per heavy atom. The second kappa shape index (κ2) is 9.86. The number of sulfonamides is 1. The quantitative estimate of drug-likeness (QED) is 0.544. The van der Waals surface area contributed by atoms with Crippen molar-refractivity contribution in [3.05, 3.63) is 77.2 Å². The molecule has 31 heavy (non-hydrogen) atoms. The molecule has 2 amide bonds. The normalized spacial score (nSPS) is 11.3. The van der Waals surface area contributed by atoms with E-state index in [2.05, 4.69) is 10.6 Å². The van der Waals surface area contributed by atoms with Crippen LogP contribution in [0, 0.1) is 0 Å². The molecule has 0 aliphatic rings. The van der Waals surface area contributed by atoms with Crippen LogP contribution in [0.4, 0.5) is 0 Å². The summed E-state index contributed by atoms with van der Waals surface area (Å²) in [6, 6.07) is 20.2. The number of amides is 2. The van der Waals surface area contributed by atoms with Crippen molar-refractivity contribution in [3.63, 3.8) is 0 Å². The van der Waals surface area contributed by atoms with Gasteiger partial charge in [-0.15, -0.1) is 11.3 Å². The Morgan fingerprint density at radius 1 is 0.871 bits per heavy atom. The van der Waals surface area contributed by atoms with Gasteiger partial charge in [-0.3, -0.25) is 9.59 Å². The van der Waals surface area contributed by atoms with E-state index in [-0.39, 0.29) is 29.1 Å². The molecule has 0 radical (unpaired) electrons. The average Bonchev–Trinajstić information content (AvgIpc) is 3.26. The summed E-state index contributed by atoms with van der Waals surface area (Å²) in [7, 11) is -0.552. The molecule has 9 heteroatoms. The zero-order valence-electron chi connectivity index (χ0n) is 17.2. The molecule has 0 aliphatic carbocycles. The van der Waals surface area contributed by atoms with E-state index in [0.717, 1.165) is 26.8 Å². The minimum Gasteiger partial charge on any atom is -0.350 e. The van der Waals surface area contributed by atoms with Crippen LogP contribution in [0.1, 0.15) is 15.2 Å². The fourth-order valence-corrected chi connectivity index (χ4v) is 5.19. The first-order valence-corrected chi connectivity index (χ1v) is 11.7. The summed E-state index contributed by atoms with van der Waals surface area (Å²) in [5.74, 6) is -0.704. The summed E-state index contributed by atoms with van der Waals surface area (Å²) in [4.78, 5) is 25.0. The van der Waals surface area contributed by atoms with Crippen molar-refractivity contribution in [2.24, 2.45) is 0 Å². The van der Waals surface area contributed by atoms with Crippen molar-refractivity contribution in [2.45, 2.75) is 10.8 Å². The molecule has 7 nitrogen and oxygen atoms in total. The van der Waals surface area contributed by atoms with E-state index in [1.54, 1.807) is 18.2 Å².